The van der Waals surface area contributed by atoms with Crippen LogP contribution in [0.15, 0.2) is 29.2 Å². The van der Waals surface area contributed by atoms with Crippen LogP contribution in [0.25, 0.3) is 0 Å². The van der Waals surface area contributed by atoms with E-state index in [9.17, 15) is 13.2 Å². The van der Waals surface area contributed by atoms with Crippen molar-refractivity contribution in [1.82, 2.24) is 4.31 Å². The van der Waals surface area contributed by atoms with Crippen LogP contribution in [0.4, 0.5) is 5.69 Å². The Morgan fingerprint density at radius 3 is 2.29 bits per heavy atom. The summed E-state index contributed by atoms with van der Waals surface area (Å²) < 4.78 is 26.3. The van der Waals surface area contributed by atoms with Gasteiger partial charge in [-0.15, -0.1) is 0 Å². The van der Waals surface area contributed by atoms with Crippen molar-refractivity contribution in [2.75, 3.05) is 18.4 Å². The highest BCUT2D eigenvalue weighted by atomic mass is 32.2. The van der Waals surface area contributed by atoms with E-state index in [1.807, 2.05) is 0 Å². The third-order valence-corrected chi connectivity index (χ3v) is 6.18. The summed E-state index contributed by atoms with van der Waals surface area (Å²) in [5.74, 6) is 0.593. The monoisotopic (exact) mass is 308 g/mol. The van der Waals surface area contributed by atoms with Crippen LogP contribution in [0.1, 0.15) is 26.2 Å². The van der Waals surface area contributed by atoms with Gasteiger partial charge in [0.1, 0.15) is 0 Å². The van der Waals surface area contributed by atoms with Gasteiger partial charge in [-0.2, -0.15) is 4.31 Å². The Hall–Kier alpha value is -1.40. The highest BCUT2D eigenvalue weighted by molar-refractivity contribution is 7.89. The summed E-state index contributed by atoms with van der Waals surface area (Å²) in [5.41, 5.74) is 0.652. The Balaban J connectivity index is 1.70. The average molecular weight is 308 g/mol. The zero-order chi connectivity index (χ0) is 15.0. The second kappa shape index (κ2) is 5.42. The van der Waals surface area contributed by atoms with E-state index < -0.39 is 10.0 Å². The van der Waals surface area contributed by atoms with Crippen molar-refractivity contribution < 1.29 is 13.2 Å². The fourth-order valence-corrected chi connectivity index (χ4v) is 4.23. The predicted octanol–water partition coefficient (Wildman–Crippen LogP) is 2.07. The van der Waals surface area contributed by atoms with Crippen LogP contribution >= 0.6 is 0 Å². The molecule has 1 aromatic rings. The van der Waals surface area contributed by atoms with Gasteiger partial charge in [-0.1, -0.05) is 6.92 Å². The summed E-state index contributed by atoms with van der Waals surface area (Å²) in [4.78, 5) is 12.1. The molecule has 2 aliphatic rings. The molecule has 6 heteroatoms. The topological polar surface area (TPSA) is 66.5 Å². The molecule has 2 unspecified atom stereocenters. The van der Waals surface area contributed by atoms with E-state index in [2.05, 4.69) is 12.2 Å². The van der Waals surface area contributed by atoms with Gasteiger partial charge in [-0.05, 0) is 49.4 Å². The molecule has 21 heavy (non-hydrogen) atoms. The zero-order valence-corrected chi connectivity index (χ0v) is 12.9. The lowest BCUT2D eigenvalue weighted by Crippen LogP contribution is -2.27. The molecule has 1 aliphatic carbocycles. The summed E-state index contributed by atoms with van der Waals surface area (Å²) in [6.07, 6.45) is 2.78. The molecule has 1 saturated carbocycles. The van der Waals surface area contributed by atoms with Gasteiger partial charge in [0.2, 0.25) is 15.9 Å². The Morgan fingerprint density at radius 2 is 1.76 bits per heavy atom. The van der Waals surface area contributed by atoms with Gasteiger partial charge in [0, 0.05) is 24.7 Å². The van der Waals surface area contributed by atoms with Crippen LogP contribution in [0.2, 0.25) is 0 Å². The molecule has 1 heterocycles. The number of nitrogens with zero attached hydrogens (tertiary/aromatic N) is 1. The molecular weight excluding hydrogens is 288 g/mol. The molecule has 3 rings (SSSR count). The fourth-order valence-electron chi connectivity index (χ4n) is 2.71. The molecule has 2 atom stereocenters. The second-order valence-electron chi connectivity index (χ2n) is 5.94. The van der Waals surface area contributed by atoms with E-state index in [0.717, 1.165) is 19.3 Å². The highest BCUT2D eigenvalue weighted by Gasteiger charge is 2.39. The molecule has 1 saturated heterocycles. The molecule has 1 amide bonds. The first-order chi connectivity index (χ1) is 9.98. The van der Waals surface area contributed by atoms with Crippen LogP contribution < -0.4 is 5.32 Å². The third-order valence-electron chi connectivity index (χ3n) is 4.27. The van der Waals surface area contributed by atoms with Crippen molar-refractivity contribution in [3.05, 3.63) is 24.3 Å². The quantitative estimate of drug-likeness (QED) is 0.926. The number of hydrogen-bond donors (Lipinski definition) is 1. The summed E-state index contributed by atoms with van der Waals surface area (Å²) in [6, 6.07) is 6.46. The Labute approximate surface area is 125 Å². The standard InChI is InChI=1S/C15H20N2O3S/c1-11-10-14(11)15(18)16-12-4-6-13(7-5-12)21(19,20)17-8-2-3-9-17/h4-7,11,14H,2-3,8-10H2,1H3,(H,16,18). The van der Waals surface area contributed by atoms with Crippen LogP contribution in [0, 0.1) is 11.8 Å². The van der Waals surface area contributed by atoms with Crippen LogP contribution in [-0.4, -0.2) is 31.7 Å². The number of anilines is 1. The van der Waals surface area contributed by atoms with E-state index in [1.54, 1.807) is 24.3 Å². The van der Waals surface area contributed by atoms with E-state index in [0.29, 0.717) is 29.6 Å². The Morgan fingerprint density at radius 1 is 1.19 bits per heavy atom. The molecule has 0 bridgehead atoms. The first-order valence-corrected chi connectivity index (χ1v) is 8.83. The molecule has 0 aromatic heterocycles. The van der Waals surface area contributed by atoms with Gasteiger partial charge in [0.05, 0.1) is 4.90 Å². The Bertz CT molecular complexity index is 633. The number of rotatable bonds is 4. The van der Waals surface area contributed by atoms with Crippen LogP contribution in [0.5, 0.6) is 0 Å². The van der Waals surface area contributed by atoms with Crippen molar-refractivity contribution >= 4 is 21.6 Å². The maximum atomic E-state index is 12.4. The molecule has 1 aromatic carbocycles. The lowest BCUT2D eigenvalue weighted by Gasteiger charge is -2.15. The van der Waals surface area contributed by atoms with Gasteiger partial charge < -0.3 is 5.32 Å². The van der Waals surface area contributed by atoms with Crippen molar-refractivity contribution in [2.45, 2.75) is 31.1 Å². The number of nitrogens with one attached hydrogen (secondary N) is 1. The molecule has 2 fully saturated rings. The van der Waals surface area contributed by atoms with E-state index in [1.165, 1.54) is 4.31 Å². The Kier molecular flexibility index (Phi) is 3.75. The molecule has 0 spiro atoms. The summed E-state index contributed by atoms with van der Waals surface area (Å²) in [7, 11) is -3.38. The number of amides is 1. The lowest BCUT2D eigenvalue weighted by atomic mass is 10.3. The first-order valence-electron chi connectivity index (χ1n) is 7.39. The third kappa shape index (κ3) is 2.96. The maximum Gasteiger partial charge on any atom is 0.243 e. The van der Waals surface area contributed by atoms with Gasteiger partial charge in [-0.25, -0.2) is 8.42 Å². The van der Waals surface area contributed by atoms with Gasteiger partial charge in [0.25, 0.3) is 0 Å². The van der Waals surface area contributed by atoms with Crippen molar-refractivity contribution in [3.63, 3.8) is 0 Å². The lowest BCUT2D eigenvalue weighted by molar-refractivity contribution is -0.117. The molecule has 114 valence electrons. The largest absolute Gasteiger partial charge is 0.326 e. The summed E-state index contributed by atoms with van der Waals surface area (Å²) in [6.45, 7) is 3.25. The van der Waals surface area contributed by atoms with Gasteiger partial charge >= 0.3 is 0 Å². The van der Waals surface area contributed by atoms with E-state index >= 15 is 0 Å². The number of benzene rings is 1. The van der Waals surface area contributed by atoms with Gasteiger partial charge in [0.15, 0.2) is 0 Å². The fraction of sp³-hybridized carbons (Fsp3) is 0.533. The van der Waals surface area contributed by atoms with Crippen LogP contribution in [-0.2, 0) is 14.8 Å². The number of hydrogen-bond acceptors (Lipinski definition) is 3. The second-order valence-corrected chi connectivity index (χ2v) is 7.88. The first kappa shape index (κ1) is 14.5. The molecule has 5 nitrogen and oxygen atoms in total. The zero-order valence-electron chi connectivity index (χ0n) is 12.1. The van der Waals surface area contributed by atoms with Crippen molar-refractivity contribution in [2.24, 2.45) is 11.8 Å². The minimum atomic E-state index is -3.38. The minimum Gasteiger partial charge on any atom is -0.326 e. The van der Waals surface area contributed by atoms with E-state index in [-0.39, 0.29) is 11.8 Å². The smallest absolute Gasteiger partial charge is 0.243 e. The minimum absolute atomic E-state index is 0.0256. The summed E-state index contributed by atoms with van der Waals surface area (Å²) in [5, 5.41) is 2.84. The average Bonchev–Trinajstić information content (AvgIpc) is 2.96. The number of carbonyl (C=O) groups is 1. The molecule has 1 aliphatic heterocycles. The predicted molar refractivity (Wildman–Crippen MR) is 80.3 cm³/mol. The molecular formula is C15H20N2O3S. The molecule has 1 N–H and O–H groups in total. The summed E-state index contributed by atoms with van der Waals surface area (Å²) >= 11 is 0. The van der Waals surface area contributed by atoms with E-state index in [4.69, 9.17) is 0 Å². The maximum absolute atomic E-state index is 12.4. The normalized spacial score (nSPS) is 25.8. The molecule has 0 radical (unpaired) electrons. The number of sulfonamides is 1. The number of carbonyl (C=O) groups excluding carboxylic acids is 1. The van der Waals surface area contributed by atoms with Crippen LogP contribution in [0.3, 0.4) is 0 Å². The van der Waals surface area contributed by atoms with Gasteiger partial charge in [-0.3, -0.25) is 4.79 Å². The van der Waals surface area contributed by atoms with Crippen molar-refractivity contribution in [3.8, 4) is 0 Å². The highest BCUT2D eigenvalue weighted by Crippen LogP contribution is 2.38. The SMILES string of the molecule is CC1CC1C(=O)Nc1ccc(S(=O)(=O)N2CCCC2)cc1. The van der Waals surface area contributed by atoms with Crippen molar-refractivity contribution in [1.29, 1.82) is 0 Å².